The van der Waals surface area contributed by atoms with Crippen LogP contribution in [0.4, 0.5) is 9.18 Å². The van der Waals surface area contributed by atoms with Gasteiger partial charge >= 0.3 is 12.0 Å². The van der Waals surface area contributed by atoms with Gasteiger partial charge in [-0.2, -0.15) is 0 Å². The van der Waals surface area contributed by atoms with Crippen LogP contribution in [0.15, 0.2) is 18.2 Å². The number of carbonyl (C=O) groups is 3. The van der Waals surface area contributed by atoms with Crippen LogP contribution in [0.3, 0.4) is 0 Å². The van der Waals surface area contributed by atoms with E-state index in [1.807, 2.05) is 5.32 Å². The fourth-order valence-corrected chi connectivity index (χ4v) is 2.26. The van der Waals surface area contributed by atoms with E-state index in [1.54, 1.807) is 0 Å². The number of ether oxygens (including phenoxy) is 1. The van der Waals surface area contributed by atoms with E-state index < -0.39 is 41.8 Å². The number of carbonyl (C=O) groups excluding carboxylic acids is 2. The summed E-state index contributed by atoms with van der Waals surface area (Å²) in [6.07, 6.45) is -1.80. The number of carboxylic acids is 1. The predicted octanol–water partition coefficient (Wildman–Crippen LogP) is -0.590. The fourth-order valence-electron chi connectivity index (χ4n) is 2.26. The second-order valence-electron chi connectivity index (χ2n) is 4.55. The van der Waals surface area contributed by atoms with Crippen molar-refractivity contribution in [2.45, 2.75) is 18.1 Å². The van der Waals surface area contributed by atoms with Gasteiger partial charge in [0.1, 0.15) is 11.6 Å². The highest BCUT2D eigenvalue weighted by Gasteiger charge is 2.50. The lowest BCUT2D eigenvalue weighted by molar-refractivity contribution is -0.148. The number of halogens is 1. The second kappa shape index (κ2) is 4.93. The highest BCUT2D eigenvalue weighted by Crippen LogP contribution is 2.40. The Kier molecular flexibility index (Phi) is 3.42. The van der Waals surface area contributed by atoms with Gasteiger partial charge in [0.15, 0.2) is 11.6 Å². The Morgan fingerprint density at radius 2 is 2.05 bits per heavy atom. The van der Waals surface area contributed by atoms with Gasteiger partial charge in [0, 0.05) is 12.0 Å². The number of carboxylic acid groups (broad SMARTS) is 1. The van der Waals surface area contributed by atoms with Gasteiger partial charge in [0.25, 0.3) is 5.91 Å². The maximum atomic E-state index is 13.4. The number of hydrogen-bond donors (Lipinski definition) is 4. The number of fused-ring (bicyclic) bond motifs is 1. The minimum absolute atomic E-state index is 0.0670. The molecule has 112 valence electrons. The molecule has 8 nitrogen and oxygen atoms in total. The molecule has 0 saturated heterocycles. The van der Waals surface area contributed by atoms with Crippen molar-refractivity contribution in [2.24, 2.45) is 11.5 Å². The van der Waals surface area contributed by atoms with Gasteiger partial charge in [-0.15, -0.1) is 0 Å². The van der Waals surface area contributed by atoms with Crippen LogP contribution < -0.4 is 21.5 Å². The van der Waals surface area contributed by atoms with Gasteiger partial charge in [0.2, 0.25) is 0 Å². The van der Waals surface area contributed by atoms with Crippen LogP contribution in [0.5, 0.6) is 5.75 Å². The number of benzene rings is 1. The Labute approximate surface area is 117 Å². The number of primary amides is 2. The van der Waals surface area contributed by atoms with E-state index in [0.29, 0.717) is 0 Å². The van der Waals surface area contributed by atoms with E-state index in [2.05, 4.69) is 0 Å². The summed E-state index contributed by atoms with van der Waals surface area (Å²) >= 11 is 0. The van der Waals surface area contributed by atoms with Crippen LogP contribution in [0.1, 0.15) is 12.0 Å². The van der Waals surface area contributed by atoms with Crippen LogP contribution >= 0.6 is 0 Å². The number of nitrogens with one attached hydrogen (secondary N) is 1. The largest absolute Gasteiger partial charge is 0.480 e. The minimum Gasteiger partial charge on any atom is -0.480 e. The van der Waals surface area contributed by atoms with Crippen molar-refractivity contribution in [1.29, 1.82) is 0 Å². The number of nitrogens with two attached hydrogens (primary N) is 2. The number of rotatable bonds is 3. The lowest BCUT2D eigenvalue weighted by atomic mass is 9.81. The smallest absolute Gasteiger partial charge is 0.334 e. The summed E-state index contributed by atoms with van der Waals surface area (Å²) in [5.41, 5.74) is 7.89. The molecular weight excluding hydrogens is 285 g/mol. The maximum Gasteiger partial charge on any atom is 0.334 e. The SMILES string of the molecule is NC(=O)NC1(C(=O)O)CC(C(N)=O)Oc2ccc(F)cc21. The zero-order chi connectivity index (χ0) is 15.8. The molecule has 21 heavy (non-hydrogen) atoms. The molecular formula is C12H12FN3O5. The molecule has 3 amide bonds. The second-order valence-corrected chi connectivity index (χ2v) is 4.55. The summed E-state index contributed by atoms with van der Waals surface area (Å²) < 4.78 is 18.6. The molecule has 0 spiro atoms. The van der Waals surface area contributed by atoms with Gasteiger partial charge in [-0.3, -0.25) is 4.79 Å². The predicted molar refractivity (Wildman–Crippen MR) is 66.7 cm³/mol. The molecule has 0 aliphatic carbocycles. The molecule has 1 aliphatic heterocycles. The van der Waals surface area contributed by atoms with E-state index in [4.69, 9.17) is 16.2 Å². The van der Waals surface area contributed by atoms with E-state index >= 15 is 0 Å². The molecule has 0 aromatic heterocycles. The molecule has 6 N–H and O–H groups in total. The van der Waals surface area contributed by atoms with Crippen molar-refractivity contribution in [3.63, 3.8) is 0 Å². The molecule has 0 radical (unpaired) electrons. The van der Waals surface area contributed by atoms with E-state index in [-0.39, 0.29) is 11.3 Å². The van der Waals surface area contributed by atoms with Gasteiger partial charge in [-0.05, 0) is 18.2 Å². The van der Waals surface area contributed by atoms with Crippen molar-refractivity contribution in [3.05, 3.63) is 29.6 Å². The lowest BCUT2D eigenvalue weighted by Crippen LogP contribution is -2.59. The van der Waals surface area contributed by atoms with E-state index in [1.165, 1.54) is 0 Å². The third-order valence-corrected chi connectivity index (χ3v) is 3.18. The zero-order valence-electron chi connectivity index (χ0n) is 10.6. The first-order chi connectivity index (χ1) is 9.76. The summed E-state index contributed by atoms with van der Waals surface area (Å²) in [6, 6.07) is 1.94. The Morgan fingerprint density at radius 1 is 1.38 bits per heavy atom. The van der Waals surface area contributed by atoms with E-state index in [0.717, 1.165) is 18.2 Å². The normalized spacial score (nSPS) is 23.6. The first kappa shape index (κ1) is 14.6. The third-order valence-electron chi connectivity index (χ3n) is 3.18. The molecule has 1 aromatic carbocycles. The van der Waals surface area contributed by atoms with Crippen LogP contribution in [-0.4, -0.2) is 29.1 Å². The number of hydrogen-bond acceptors (Lipinski definition) is 4. The molecule has 0 saturated carbocycles. The Bertz CT molecular complexity index is 635. The fraction of sp³-hybridized carbons (Fsp3) is 0.250. The molecule has 0 fully saturated rings. The lowest BCUT2D eigenvalue weighted by Gasteiger charge is -2.38. The average molecular weight is 297 g/mol. The van der Waals surface area contributed by atoms with Crippen LogP contribution in [0.25, 0.3) is 0 Å². The standard InChI is InChI=1S/C12H12FN3O5/c13-5-1-2-7-6(3-5)12(10(18)19,16-11(15)20)4-8(21-7)9(14)17/h1-3,8H,4H2,(H2,14,17)(H,18,19)(H3,15,16,20). The first-order valence-electron chi connectivity index (χ1n) is 5.83. The summed E-state index contributed by atoms with van der Waals surface area (Å²) in [4.78, 5) is 34.1. The molecule has 2 rings (SSSR count). The van der Waals surface area contributed by atoms with Gasteiger partial charge in [0.05, 0.1) is 0 Å². The average Bonchev–Trinajstić information content (AvgIpc) is 2.37. The molecule has 2 unspecified atom stereocenters. The number of urea groups is 1. The molecule has 1 heterocycles. The zero-order valence-corrected chi connectivity index (χ0v) is 10.6. The summed E-state index contributed by atoms with van der Waals surface area (Å²) in [5, 5.41) is 11.5. The topological polar surface area (TPSA) is 145 Å². The third kappa shape index (κ3) is 2.45. The minimum atomic E-state index is -2.10. The van der Waals surface area contributed by atoms with Crippen LogP contribution in [0.2, 0.25) is 0 Å². The molecule has 1 aliphatic rings. The highest BCUT2D eigenvalue weighted by atomic mass is 19.1. The summed E-state index contributed by atoms with van der Waals surface area (Å²) in [7, 11) is 0. The molecule has 9 heteroatoms. The Balaban J connectivity index is 2.66. The maximum absolute atomic E-state index is 13.4. The number of aliphatic carboxylic acids is 1. The summed E-state index contributed by atoms with van der Waals surface area (Å²) in [5.74, 6) is -3.22. The van der Waals surface area contributed by atoms with Gasteiger partial charge in [-0.25, -0.2) is 14.0 Å². The molecule has 1 aromatic rings. The quantitative estimate of drug-likeness (QED) is 0.589. The van der Waals surface area contributed by atoms with E-state index in [9.17, 15) is 23.9 Å². The Morgan fingerprint density at radius 3 is 2.57 bits per heavy atom. The van der Waals surface area contributed by atoms with Crippen molar-refractivity contribution in [1.82, 2.24) is 5.32 Å². The van der Waals surface area contributed by atoms with Crippen LogP contribution in [-0.2, 0) is 15.1 Å². The highest BCUT2D eigenvalue weighted by molar-refractivity contribution is 5.90. The molecule has 0 bridgehead atoms. The summed E-state index contributed by atoms with van der Waals surface area (Å²) in [6.45, 7) is 0. The van der Waals surface area contributed by atoms with Crippen LogP contribution in [0, 0.1) is 5.82 Å². The Hall–Kier alpha value is -2.84. The van der Waals surface area contributed by atoms with Crippen molar-refractivity contribution >= 4 is 17.9 Å². The van der Waals surface area contributed by atoms with Crippen molar-refractivity contribution in [2.75, 3.05) is 0 Å². The van der Waals surface area contributed by atoms with Gasteiger partial charge in [-0.1, -0.05) is 0 Å². The van der Waals surface area contributed by atoms with Gasteiger partial charge < -0.3 is 26.6 Å². The molecule has 2 atom stereocenters. The van der Waals surface area contributed by atoms with Crippen molar-refractivity contribution in [3.8, 4) is 5.75 Å². The number of amides is 3. The van der Waals surface area contributed by atoms with Crippen molar-refractivity contribution < 1.29 is 28.6 Å². The first-order valence-corrected chi connectivity index (χ1v) is 5.83. The monoisotopic (exact) mass is 297 g/mol.